The summed E-state index contributed by atoms with van der Waals surface area (Å²) in [6, 6.07) is 15.3. The number of benzene rings is 2. The number of aromatic nitrogens is 1. The minimum Gasteiger partial charge on any atom is -0.462 e. The molecular weight excluding hydrogens is 402 g/mol. The Bertz CT molecular complexity index is 1180. The molecule has 1 amide bonds. The number of nitrogens with zero attached hydrogens (tertiary/aromatic N) is 2. The zero-order valence-corrected chi connectivity index (χ0v) is 19.2. The van der Waals surface area contributed by atoms with Crippen molar-refractivity contribution in [3.63, 3.8) is 0 Å². The molecule has 32 heavy (non-hydrogen) atoms. The number of hydrogen-bond donors (Lipinski definition) is 1. The summed E-state index contributed by atoms with van der Waals surface area (Å²) in [7, 11) is 0. The molecule has 3 aromatic rings. The molecule has 1 aromatic heterocycles. The van der Waals surface area contributed by atoms with Gasteiger partial charge in [0.05, 0.1) is 30.5 Å². The SMILES string of the molecule is CCOC(=O)c1ccccc1-n1c(C)cc(/C=N\NC(=O)Cc2ccc(C)c(C)c2)c1C. The van der Waals surface area contributed by atoms with Crippen LogP contribution in [0.1, 0.15) is 50.9 Å². The van der Waals surface area contributed by atoms with Gasteiger partial charge in [0.2, 0.25) is 5.91 Å². The van der Waals surface area contributed by atoms with Crippen molar-refractivity contribution in [1.29, 1.82) is 0 Å². The maximum absolute atomic E-state index is 12.4. The fourth-order valence-electron chi connectivity index (χ4n) is 3.65. The molecule has 0 radical (unpaired) electrons. The lowest BCUT2D eigenvalue weighted by atomic mass is 10.0. The fourth-order valence-corrected chi connectivity index (χ4v) is 3.65. The van der Waals surface area contributed by atoms with Crippen LogP contribution < -0.4 is 5.43 Å². The van der Waals surface area contributed by atoms with Crippen LogP contribution in [0.15, 0.2) is 53.6 Å². The number of aryl methyl sites for hydroxylation is 3. The highest BCUT2D eigenvalue weighted by molar-refractivity contribution is 5.94. The van der Waals surface area contributed by atoms with Gasteiger partial charge in [-0.25, -0.2) is 10.2 Å². The number of hydrazone groups is 1. The molecule has 166 valence electrons. The molecule has 6 nitrogen and oxygen atoms in total. The molecule has 0 saturated carbocycles. The van der Waals surface area contributed by atoms with Gasteiger partial charge in [0, 0.05) is 17.0 Å². The summed E-state index contributed by atoms with van der Waals surface area (Å²) < 4.78 is 7.20. The molecule has 0 unspecified atom stereocenters. The third-order valence-corrected chi connectivity index (χ3v) is 5.44. The van der Waals surface area contributed by atoms with Gasteiger partial charge in [-0.3, -0.25) is 4.79 Å². The van der Waals surface area contributed by atoms with Gasteiger partial charge < -0.3 is 9.30 Å². The van der Waals surface area contributed by atoms with Crippen molar-refractivity contribution in [3.05, 3.63) is 87.7 Å². The molecule has 0 atom stereocenters. The third kappa shape index (κ3) is 5.14. The number of esters is 1. The zero-order valence-electron chi connectivity index (χ0n) is 19.2. The molecule has 6 heteroatoms. The Kier molecular flexibility index (Phi) is 7.25. The summed E-state index contributed by atoms with van der Waals surface area (Å²) in [6.45, 7) is 10.1. The van der Waals surface area contributed by atoms with Crippen LogP contribution in [-0.2, 0) is 16.0 Å². The molecule has 0 aliphatic rings. The normalized spacial score (nSPS) is 11.0. The van der Waals surface area contributed by atoms with E-state index in [0.717, 1.165) is 33.8 Å². The van der Waals surface area contributed by atoms with Crippen molar-refractivity contribution in [2.45, 2.75) is 41.0 Å². The van der Waals surface area contributed by atoms with E-state index < -0.39 is 0 Å². The Hall–Kier alpha value is -3.67. The van der Waals surface area contributed by atoms with Gasteiger partial charge in [-0.1, -0.05) is 30.3 Å². The quantitative estimate of drug-likeness (QED) is 0.338. The van der Waals surface area contributed by atoms with E-state index in [0.29, 0.717) is 12.2 Å². The minimum absolute atomic E-state index is 0.175. The highest BCUT2D eigenvalue weighted by Crippen LogP contribution is 2.23. The van der Waals surface area contributed by atoms with E-state index in [1.807, 2.05) is 74.7 Å². The number of para-hydroxylation sites is 1. The van der Waals surface area contributed by atoms with Gasteiger partial charge in [-0.2, -0.15) is 5.10 Å². The van der Waals surface area contributed by atoms with Gasteiger partial charge in [0.15, 0.2) is 0 Å². The molecular formula is C26H29N3O3. The van der Waals surface area contributed by atoms with Gasteiger partial charge in [0.1, 0.15) is 0 Å². The smallest absolute Gasteiger partial charge is 0.340 e. The predicted octanol–water partition coefficient (Wildman–Crippen LogP) is 4.58. The molecule has 2 aromatic carbocycles. The first kappa shape index (κ1) is 23.0. The first-order chi connectivity index (χ1) is 15.3. The zero-order chi connectivity index (χ0) is 23.3. The van der Waals surface area contributed by atoms with Crippen LogP contribution in [-0.4, -0.2) is 29.3 Å². The topological polar surface area (TPSA) is 72.7 Å². The summed E-state index contributed by atoms with van der Waals surface area (Å²) in [6.07, 6.45) is 1.90. The summed E-state index contributed by atoms with van der Waals surface area (Å²) in [5.41, 5.74) is 9.88. The van der Waals surface area contributed by atoms with Crippen molar-refractivity contribution in [2.75, 3.05) is 6.61 Å². The van der Waals surface area contributed by atoms with E-state index in [-0.39, 0.29) is 18.3 Å². The van der Waals surface area contributed by atoms with Crippen molar-refractivity contribution in [3.8, 4) is 5.69 Å². The van der Waals surface area contributed by atoms with Gasteiger partial charge in [-0.15, -0.1) is 0 Å². The first-order valence-electron chi connectivity index (χ1n) is 10.6. The Morgan fingerprint density at radius 3 is 2.50 bits per heavy atom. The summed E-state index contributed by atoms with van der Waals surface area (Å²) in [5.74, 6) is -0.532. The van der Waals surface area contributed by atoms with Crippen LogP contribution in [0.25, 0.3) is 5.69 Å². The second-order valence-corrected chi connectivity index (χ2v) is 7.79. The lowest BCUT2D eigenvalue weighted by Crippen LogP contribution is -2.19. The highest BCUT2D eigenvalue weighted by atomic mass is 16.5. The molecule has 1 N–H and O–H groups in total. The monoisotopic (exact) mass is 431 g/mol. The summed E-state index contributed by atoms with van der Waals surface area (Å²) in [5, 5.41) is 4.14. The number of ether oxygens (including phenoxy) is 1. The first-order valence-corrected chi connectivity index (χ1v) is 10.6. The largest absolute Gasteiger partial charge is 0.462 e. The number of carbonyl (C=O) groups excluding carboxylic acids is 2. The van der Waals surface area contributed by atoms with E-state index in [1.165, 1.54) is 5.56 Å². The van der Waals surface area contributed by atoms with Crippen molar-refractivity contribution in [2.24, 2.45) is 5.10 Å². The lowest BCUT2D eigenvalue weighted by Gasteiger charge is -2.14. The Balaban J connectivity index is 1.77. The standard InChI is InChI=1S/C26H29N3O3/c1-6-32-26(31)23-9-7-8-10-24(23)29-19(4)14-22(20(29)5)16-27-28-25(30)15-21-12-11-17(2)18(3)13-21/h7-14,16H,6,15H2,1-5H3,(H,28,30)/b27-16-. The number of hydrogen-bond acceptors (Lipinski definition) is 4. The fraction of sp³-hybridized carbons (Fsp3) is 0.269. The van der Waals surface area contributed by atoms with Crippen LogP contribution >= 0.6 is 0 Å². The molecule has 0 aliphatic heterocycles. The molecule has 0 saturated heterocycles. The lowest BCUT2D eigenvalue weighted by molar-refractivity contribution is -0.120. The van der Waals surface area contributed by atoms with Crippen LogP contribution in [0, 0.1) is 27.7 Å². The third-order valence-electron chi connectivity index (χ3n) is 5.44. The predicted molar refractivity (Wildman–Crippen MR) is 127 cm³/mol. The number of nitrogens with one attached hydrogen (secondary N) is 1. The van der Waals surface area contributed by atoms with E-state index in [2.05, 4.69) is 10.5 Å². The van der Waals surface area contributed by atoms with Crippen molar-refractivity contribution < 1.29 is 14.3 Å². The van der Waals surface area contributed by atoms with Crippen LogP contribution in [0.5, 0.6) is 0 Å². The average Bonchev–Trinajstić information content (AvgIpc) is 3.04. The molecule has 0 fully saturated rings. The number of rotatable bonds is 7. The summed E-state index contributed by atoms with van der Waals surface area (Å²) in [4.78, 5) is 24.7. The molecule has 3 rings (SSSR count). The Morgan fingerprint density at radius 2 is 1.78 bits per heavy atom. The second kappa shape index (κ2) is 10.1. The second-order valence-electron chi connectivity index (χ2n) is 7.79. The molecule has 1 heterocycles. The minimum atomic E-state index is -0.357. The van der Waals surface area contributed by atoms with Gasteiger partial charge in [-0.05, 0) is 69.5 Å². The van der Waals surface area contributed by atoms with E-state index in [4.69, 9.17) is 4.74 Å². The van der Waals surface area contributed by atoms with Crippen molar-refractivity contribution in [1.82, 2.24) is 9.99 Å². The maximum Gasteiger partial charge on any atom is 0.340 e. The van der Waals surface area contributed by atoms with E-state index in [1.54, 1.807) is 19.2 Å². The molecule has 0 aliphatic carbocycles. The summed E-state index contributed by atoms with van der Waals surface area (Å²) >= 11 is 0. The van der Waals surface area contributed by atoms with Crippen LogP contribution in [0.3, 0.4) is 0 Å². The maximum atomic E-state index is 12.4. The highest BCUT2D eigenvalue weighted by Gasteiger charge is 2.17. The van der Waals surface area contributed by atoms with Gasteiger partial charge in [0.25, 0.3) is 0 Å². The molecule has 0 bridgehead atoms. The number of carbonyl (C=O) groups is 2. The van der Waals surface area contributed by atoms with Crippen LogP contribution in [0.2, 0.25) is 0 Å². The molecule has 0 spiro atoms. The number of amides is 1. The van der Waals surface area contributed by atoms with E-state index >= 15 is 0 Å². The van der Waals surface area contributed by atoms with E-state index in [9.17, 15) is 9.59 Å². The van der Waals surface area contributed by atoms with Crippen molar-refractivity contribution >= 4 is 18.1 Å². The van der Waals surface area contributed by atoms with Gasteiger partial charge >= 0.3 is 5.97 Å². The Morgan fingerprint density at radius 1 is 1.03 bits per heavy atom. The average molecular weight is 432 g/mol. The Labute approximate surface area is 188 Å². The van der Waals surface area contributed by atoms with Crippen LogP contribution in [0.4, 0.5) is 0 Å².